The maximum absolute atomic E-state index is 13.0. The molecular formula is C12H15BrClFN2O. The molecule has 0 saturated heterocycles. The van der Waals surface area contributed by atoms with Crippen molar-refractivity contribution in [1.82, 2.24) is 5.32 Å². The van der Waals surface area contributed by atoms with E-state index < -0.39 is 5.82 Å². The highest BCUT2D eigenvalue weighted by molar-refractivity contribution is 9.10. The third kappa shape index (κ3) is 3.43. The lowest BCUT2D eigenvalue weighted by Crippen LogP contribution is -2.54. The Morgan fingerprint density at radius 2 is 2.17 bits per heavy atom. The van der Waals surface area contributed by atoms with E-state index in [-0.39, 0.29) is 23.9 Å². The van der Waals surface area contributed by atoms with E-state index in [1.54, 1.807) is 0 Å². The molecule has 0 spiro atoms. The van der Waals surface area contributed by atoms with Gasteiger partial charge in [-0.25, -0.2) is 4.39 Å². The average Bonchev–Trinajstić information content (AvgIpc) is 2.26. The first kappa shape index (κ1) is 15.4. The van der Waals surface area contributed by atoms with Crippen molar-refractivity contribution in [1.29, 1.82) is 0 Å². The topological polar surface area (TPSA) is 55.1 Å². The first-order chi connectivity index (χ1) is 8.00. The molecule has 1 aromatic rings. The Balaban J connectivity index is 0.00000162. The van der Waals surface area contributed by atoms with Crippen molar-refractivity contribution >= 4 is 34.2 Å². The fourth-order valence-corrected chi connectivity index (χ4v) is 2.26. The lowest BCUT2D eigenvalue weighted by molar-refractivity contribution is 0.0928. The van der Waals surface area contributed by atoms with Crippen LogP contribution in [0, 0.1) is 5.82 Å². The molecule has 0 unspecified atom stereocenters. The Kier molecular flexibility index (Phi) is 5.13. The number of nitrogens with two attached hydrogens (primary N) is 1. The normalized spacial score (nSPS) is 16.4. The second kappa shape index (κ2) is 5.99. The summed E-state index contributed by atoms with van der Waals surface area (Å²) in [5.74, 6) is -0.724. The zero-order chi connectivity index (χ0) is 12.5. The van der Waals surface area contributed by atoms with Gasteiger partial charge < -0.3 is 11.1 Å². The second-order valence-corrected chi connectivity index (χ2v) is 5.38. The number of halogens is 3. The molecule has 1 fully saturated rings. The molecule has 18 heavy (non-hydrogen) atoms. The third-order valence-corrected chi connectivity index (χ3v) is 3.81. The van der Waals surface area contributed by atoms with Gasteiger partial charge in [0.05, 0.1) is 5.56 Å². The first-order valence-corrected chi connectivity index (χ1v) is 6.32. The number of benzene rings is 1. The average molecular weight is 338 g/mol. The fraction of sp³-hybridized carbons (Fsp3) is 0.417. The van der Waals surface area contributed by atoms with Crippen LogP contribution in [-0.4, -0.2) is 18.0 Å². The van der Waals surface area contributed by atoms with Crippen LogP contribution >= 0.6 is 28.3 Å². The second-order valence-electron chi connectivity index (χ2n) is 4.52. The Bertz CT molecular complexity index is 452. The number of carbonyl (C=O) groups excluding carboxylic acids is 1. The molecule has 100 valence electrons. The molecule has 0 heterocycles. The Hall–Kier alpha value is -0.650. The molecule has 0 bridgehead atoms. The number of hydrogen-bond acceptors (Lipinski definition) is 2. The Morgan fingerprint density at radius 1 is 1.50 bits per heavy atom. The summed E-state index contributed by atoms with van der Waals surface area (Å²) in [4.78, 5) is 11.8. The van der Waals surface area contributed by atoms with Crippen molar-refractivity contribution < 1.29 is 9.18 Å². The van der Waals surface area contributed by atoms with Gasteiger partial charge >= 0.3 is 0 Å². The highest BCUT2D eigenvalue weighted by Crippen LogP contribution is 2.28. The van der Waals surface area contributed by atoms with Gasteiger partial charge in [-0.3, -0.25) is 4.79 Å². The van der Waals surface area contributed by atoms with E-state index in [4.69, 9.17) is 5.73 Å². The first-order valence-electron chi connectivity index (χ1n) is 5.52. The van der Waals surface area contributed by atoms with Crippen molar-refractivity contribution in [3.63, 3.8) is 0 Å². The number of amides is 1. The molecule has 3 nitrogen and oxygen atoms in total. The molecule has 3 N–H and O–H groups in total. The summed E-state index contributed by atoms with van der Waals surface area (Å²) in [7, 11) is 0. The third-order valence-electron chi connectivity index (χ3n) is 3.12. The van der Waals surface area contributed by atoms with Crippen LogP contribution in [0.2, 0.25) is 0 Å². The molecule has 1 aliphatic rings. The number of hydrogen-bond donors (Lipinski definition) is 2. The predicted octanol–water partition coefficient (Wildman–Crippen LogP) is 2.62. The largest absolute Gasteiger partial charge is 0.350 e. The number of nitrogens with one attached hydrogen (secondary N) is 1. The molecule has 1 saturated carbocycles. The van der Waals surface area contributed by atoms with Gasteiger partial charge in [0.15, 0.2) is 0 Å². The van der Waals surface area contributed by atoms with Crippen LogP contribution in [0.3, 0.4) is 0 Å². The van der Waals surface area contributed by atoms with Crippen LogP contribution in [0.1, 0.15) is 29.6 Å². The monoisotopic (exact) mass is 336 g/mol. The van der Waals surface area contributed by atoms with Gasteiger partial charge in [0.1, 0.15) is 5.82 Å². The summed E-state index contributed by atoms with van der Waals surface area (Å²) in [5.41, 5.74) is 6.03. The van der Waals surface area contributed by atoms with E-state index in [9.17, 15) is 9.18 Å². The molecule has 2 rings (SSSR count). The van der Waals surface area contributed by atoms with Gasteiger partial charge in [0, 0.05) is 16.6 Å². The number of rotatable bonds is 3. The van der Waals surface area contributed by atoms with Gasteiger partial charge in [0.25, 0.3) is 5.91 Å². The van der Waals surface area contributed by atoms with Crippen LogP contribution in [0.15, 0.2) is 22.7 Å². The molecule has 1 aromatic carbocycles. The van der Waals surface area contributed by atoms with Crippen molar-refractivity contribution in [3.8, 4) is 0 Å². The van der Waals surface area contributed by atoms with Crippen molar-refractivity contribution in [2.45, 2.75) is 24.8 Å². The predicted molar refractivity (Wildman–Crippen MR) is 74.5 cm³/mol. The minimum Gasteiger partial charge on any atom is -0.350 e. The molecule has 0 aromatic heterocycles. The summed E-state index contributed by atoms with van der Waals surface area (Å²) in [6.45, 7) is 0.439. The summed E-state index contributed by atoms with van der Waals surface area (Å²) in [6, 6.07) is 4.03. The summed E-state index contributed by atoms with van der Waals surface area (Å²) in [5, 5.41) is 2.75. The minimum atomic E-state index is -0.426. The van der Waals surface area contributed by atoms with E-state index in [0.717, 1.165) is 19.3 Å². The van der Waals surface area contributed by atoms with Crippen molar-refractivity contribution in [2.75, 3.05) is 6.54 Å². The zero-order valence-electron chi connectivity index (χ0n) is 9.71. The maximum atomic E-state index is 13.0. The highest BCUT2D eigenvalue weighted by atomic mass is 79.9. The molecule has 6 heteroatoms. The van der Waals surface area contributed by atoms with Gasteiger partial charge in [0.2, 0.25) is 0 Å². The quantitative estimate of drug-likeness (QED) is 0.891. The van der Waals surface area contributed by atoms with Crippen LogP contribution in [0.5, 0.6) is 0 Å². The molecule has 0 radical (unpaired) electrons. The lowest BCUT2D eigenvalue weighted by atomic mass is 9.78. The Morgan fingerprint density at radius 3 is 2.72 bits per heavy atom. The standard InChI is InChI=1S/C12H14BrFN2O.ClH/c13-10-3-2-8(14)6-9(10)11(17)16-7-12(15)4-1-5-12;/h2-3,6H,1,4-5,7,15H2,(H,16,17);1H. The molecule has 0 aliphatic heterocycles. The number of carbonyl (C=O) groups is 1. The van der Waals surface area contributed by atoms with E-state index in [0.29, 0.717) is 16.6 Å². The van der Waals surface area contributed by atoms with E-state index in [1.165, 1.54) is 18.2 Å². The van der Waals surface area contributed by atoms with Gasteiger partial charge in [-0.15, -0.1) is 12.4 Å². The zero-order valence-corrected chi connectivity index (χ0v) is 12.1. The SMILES string of the molecule is Cl.NC1(CNC(=O)c2cc(F)ccc2Br)CCC1. The maximum Gasteiger partial charge on any atom is 0.252 e. The molecule has 0 atom stereocenters. The molecular weight excluding hydrogens is 323 g/mol. The molecule has 1 amide bonds. The minimum absolute atomic E-state index is 0. The fourth-order valence-electron chi connectivity index (χ4n) is 1.83. The van der Waals surface area contributed by atoms with E-state index >= 15 is 0 Å². The van der Waals surface area contributed by atoms with Crippen LogP contribution in [-0.2, 0) is 0 Å². The molecule has 1 aliphatic carbocycles. The lowest BCUT2D eigenvalue weighted by Gasteiger charge is -2.38. The van der Waals surface area contributed by atoms with Crippen molar-refractivity contribution in [2.24, 2.45) is 5.73 Å². The smallest absolute Gasteiger partial charge is 0.252 e. The van der Waals surface area contributed by atoms with E-state index in [2.05, 4.69) is 21.2 Å². The van der Waals surface area contributed by atoms with E-state index in [1.807, 2.05) is 0 Å². The van der Waals surface area contributed by atoms with Crippen LogP contribution in [0.25, 0.3) is 0 Å². The summed E-state index contributed by atoms with van der Waals surface area (Å²) < 4.78 is 13.6. The summed E-state index contributed by atoms with van der Waals surface area (Å²) in [6.07, 6.45) is 2.96. The van der Waals surface area contributed by atoms with Crippen LogP contribution in [0.4, 0.5) is 4.39 Å². The Labute approximate surface area is 120 Å². The van der Waals surface area contributed by atoms with Gasteiger partial charge in [-0.2, -0.15) is 0 Å². The van der Waals surface area contributed by atoms with Gasteiger partial charge in [-0.1, -0.05) is 0 Å². The summed E-state index contributed by atoms with van der Waals surface area (Å²) >= 11 is 3.22. The van der Waals surface area contributed by atoms with Crippen LogP contribution < -0.4 is 11.1 Å². The highest BCUT2D eigenvalue weighted by Gasteiger charge is 2.32. The van der Waals surface area contributed by atoms with Gasteiger partial charge in [-0.05, 0) is 53.4 Å². The van der Waals surface area contributed by atoms with Crippen molar-refractivity contribution in [3.05, 3.63) is 34.1 Å².